The van der Waals surface area contributed by atoms with Crippen LogP contribution in [0.2, 0.25) is 0 Å². The molecule has 4 saturated carbocycles. The molecule has 0 aromatic heterocycles. The SMILES string of the molecule is CCN(CC)CCN1CCN(C(=O)CC(=O)NC2CC[C@]3(C)C4CC[C@]5(C)[C@@H]6[C@H](C[C@H]5[C@@H]4CC[C@@H]3C2)O[C@]2(CC[C@@H](C)CO2)[C@H]6C)CC1. The maximum atomic E-state index is 13.2. The fourth-order valence-electron chi connectivity index (χ4n) is 13.0. The zero-order chi connectivity index (χ0) is 33.8. The summed E-state index contributed by atoms with van der Waals surface area (Å²) in [6.07, 6.45) is 12.5. The molecule has 0 radical (unpaired) electrons. The first-order valence-electron chi connectivity index (χ1n) is 20.3. The minimum absolute atomic E-state index is 0.00235. The molecule has 4 aliphatic carbocycles. The number of carbonyl (C=O) groups excluding carboxylic acids is 2. The van der Waals surface area contributed by atoms with E-state index in [1.54, 1.807) is 0 Å². The highest BCUT2D eigenvalue weighted by Gasteiger charge is 2.69. The number of likely N-dealkylation sites (N-methyl/N-ethyl adjacent to an activating group) is 1. The minimum atomic E-state index is -0.330. The third-order valence-electron chi connectivity index (χ3n) is 16.0. The Bertz CT molecular complexity index is 1160. The molecule has 0 aromatic rings. The molecule has 12 atom stereocenters. The summed E-state index contributed by atoms with van der Waals surface area (Å²) in [6.45, 7) is 22.9. The second-order valence-electron chi connectivity index (χ2n) is 18.1. The fraction of sp³-hybridized carbons (Fsp3) is 0.950. The standard InChI is InChI=1S/C40H68N4O4/c1-7-42(8-2)17-18-43-19-21-44(22-20-43)36(46)25-35(45)41-30-12-14-38(5)29(23-30)9-10-31-32(38)13-15-39(6)33(31)24-34-37(39)28(4)40(48-34)16-11-27(3)26-47-40/h27-34,37H,7-26H2,1-6H3,(H,41,45)/t27-,28+,29-,30?,31-,32?,33+,34+,37+,38+,39+,40-/m1/s1. The van der Waals surface area contributed by atoms with Crippen molar-refractivity contribution >= 4 is 11.8 Å². The van der Waals surface area contributed by atoms with E-state index >= 15 is 0 Å². The third-order valence-corrected chi connectivity index (χ3v) is 16.0. The van der Waals surface area contributed by atoms with E-state index in [1.807, 2.05) is 4.90 Å². The molecule has 0 bridgehead atoms. The number of rotatable bonds is 8. The highest BCUT2D eigenvalue weighted by Crippen LogP contribution is 2.71. The summed E-state index contributed by atoms with van der Waals surface area (Å²) in [7, 11) is 0. The molecule has 272 valence electrons. The molecule has 2 amide bonds. The Morgan fingerprint density at radius 3 is 2.33 bits per heavy atom. The summed E-state index contributed by atoms with van der Waals surface area (Å²) < 4.78 is 13.5. The Labute approximate surface area is 291 Å². The van der Waals surface area contributed by atoms with E-state index in [-0.39, 0.29) is 30.1 Å². The van der Waals surface area contributed by atoms with Crippen molar-refractivity contribution < 1.29 is 19.1 Å². The molecule has 1 N–H and O–H groups in total. The van der Waals surface area contributed by atoms with Crippen molar-refractivity contribution in [3.63, 3.8) is 0 Å². The first-order valence-corrected chi connectivity index (χ1v) is 20.3. The van der Waals surface area contributed by atoms with Crippen LogP contribution in [-0.4, -0.2) is 103 Å². The summed E-state index contributed by atoms with van der Waals surface area (Å²) in [5.74, 6) is 4.36. The topological polar surface area (TPSA) is 74.4 Å². The Balaban J connectivity index is 0.896. The molecule has 3 aliphatic heterocycles. The predicted molar refractivity (Wildman–Crippen MR) is 189 cm³/mol. The lowest BCUT2D eigenvalue weighted by molar-refractivity contribution is -0.273. The third kappa shape index (κ3) is 6.19. The van der Waals surface area contributed by atoms with Crippen LogP contribution in [-0.2, 0) is 19.1 Å². The van der Waals surface area contributed by atoms with E-state index in [9.17, 15) is 9.59 Å². The first-order chi connectivity index (χ1) is 23.0. The van der Waals surface area contributed by atoms with Gasteiger partial charge in [-0.05, 0) is 117 Å². The molecule has 2 unspecified atom stereocenters. The largest absolute Gasteiger partial charge is 0.353 e. The minimum Gasteiger partial charge on any atom is -0.353 e. The van der Waals surface area contributed by atoms with Crippen molar-refractivity contribution in [2.45, 2.75) is 130 Å². The Kier molecular flexibility index (Phi) is 10.1. The van der Waals surface area contributed by atoms with Gasteiger partial charge in [0.05, 0.1) is 12.7 Å². The highest BCUT2D eigenvalue weighted by atomic mass is 16.7. The van der Waals surface area contributed by atoms with Crippen LogP contribution in [0, 0.1) is 52.3 Å². The average Bonchev–Trinajstić information content (AvgIpc) is 3.52. The van der Waals surface area contributed by atoms with Gasteiger partial charge in [-0.25, -0.2) is 0 Å². The second-order valence-corrected chi connectivity index (χ2v) is 18.1. The van der Waals surface area contributed by atoms with Gasteiger partial charge in [0.15, 0.2) is 5.79 Å². The summed E-state index contributed by atoms with van der Waals surface area (Å²) in [4.78, 5) is 33.1. The lowest BCUT2D eigenvalue weighted by atomic mass is 9.44. The quantitative estimate of drug-likeness (QED) is 0.330. The van der Waals surface area contributed by atoms with Gasteiger partial charge in [0.25, 0.3) is 0 Å². The van der Waals surface area contributed by atoms with Gasteiger partial charge >= 0.3 is 0 Å². The van der Waals surface area contributed by atoms with Crippen molar-refractivity contribution in [2.75, 3.05) is 59.0 Å². The monoisotopic (exact) mass is 669 g/mol. The van der Waals surface area contributed by atoms with Gasteiger partial charge in [-0.3, -0.25) is 14.5 Å². The first kappa shape index (κ1) is 35.2. The summed E-state index contributed by atoms with van der Waals surface area (Å²) in [5.41, 5.74) is 0.723. The van der Waals surface area contributed by atoms with Crippen molar-refractivity contribution in [2.24, 2.45) is 52.3 Å². The van der Waals surface area contributed by atoms with E-state index in [0.717, 1.165) is 96.0 Å². The molecule has 7 aliphatic rings. The van der Waals surface area contributed by atoms with Crippen molar-refractivity contribution in [3.8, 4) is 0 Å². The number of hydrogen-bond donors (Lipinski definition) is 1. The number of fused-ring (bicyclic) bond motifs is 7. The Morgan fingerprint density at radius 2 is 1.62 bits per heavy atom. The normalized spacial score (nSPS) is 45.8. The van der Waals surface area contributed by atoms with Gasteiger partial charge in [0, 0.05) is 57.6 Å². The van der Waals surface area contributed by atoms with Gasteiger partial charge in [-0.15, -0.1) is 0 Å². The van der Waals surface area contributed by atoms with E-state index in [0.29, 0.717) is 40.6 Å². The maximum Gasteiger partial charge on any atom is 0.232 e. The number of carbonyl (C=O) groups is 2. The van der Waals surface area contributed by atoms with Gasteiger partial charge in [0.1, 0.15) is 6.42 Å². The average molecular weight is 669 g/mol. The van der Waals surface area contributed by atoms with Crippen LogP contribution in [0.4, 0.5) is 0 Å². The van der Waals surface area contributed by atoms with Gasteiger partial charge in [-0.2, -0.15) is 0 Å². The van der Waals surface area contributed by atoms with Gasteiger partial charge in [-0.1, -0.05) is 41.5 Å². The van der Waals surface area contributed by atoms with Crippen LogP contribution in [0.3, 0.4) is 0 Å². The van der Waals surface area contributed by atoms with Crippen LogP contribution in [0.1, 0.15) is 112 Å². The van der Waals surface area contributed by atoms with E-state index in [4.69, 9.17) is 9.47 Å². The van der Waals surface area contributed by atoms with E-state index < -0.39 is 0 Å². The molecular weight excluding hydrogens is 600 g/mol. The van der Waals surface area contributed by atoms with Gasteiger partial charge < -0.3 is 24.6 Å². The number of ether oxygens (including phenoxy) is 2. The van der Waals surface area contributed by atoms with E-state index in [1.165, 1.54) is 44.9 Å². The molecule has 3 heterocycles. The number of piperazine rings is 1. The fourth-order valence-corrected chi connectivity index (χ4v) is 13.0. The van der Waals surface area contributed by atoms with Crippen LogP contribution < -0.4 is 5.32 Å². The molecule has 7 rings (SSSR count). The lowest BCUT2D eigenvalue weighted by Gasteiger charge is -2.61. The lowest BCUT2D eigenvalue weighted by Crippen LogP contribution is -2.56. The molecule has 3 saturated heterocycles. The van der Waals surface area contributed by atoms with Crippen LogP contribution in [0.5, 0.6) is 0 Å². The number of nitrogens with one attached hydrogen (secondary N) is 1. The zero-order valence-corrected chi connectivity index (χ0v) is 31.3. The summed E-state index contributed by atoms with van der Waals surface area (Å²) in [6, 6.07) is 0.209. The van der Waals surface area contributed by atoms with Gasteiger partial charge in [0.2, 0.25) is 11.8 Å². The van der Waals surface area contributed by atoms with Crippen LogP contribution >= 0.6 is 0 Å². The molecule has 7 fully saturated rings. The molecule has 1 spiro atoms. The predicted octanol–water partition coefficient (Wildman–Crippen LogP) is 5.79. The van der Waals surface area contributed by atoms with Crippen molar-refractivity contribution in [1.82, 2.24) is 20.0 Å². The van der Waals surface area contributed by atoms with Crippen molar-refractivity contribution in [3.05, 3.63) is 0 Å². The highest BCUT2D eigenvalue weighted by molar-refractivity contribution is 5.97. The second kappa shape index (κ2) is 13.7. The van der Waals surface area contributed by atoms with Crippen molar-refractivity contribution in [1.29, 1.82) is 0 Å². The molecular formula is C40H68N4O4. The van der Waals surface area contributed by atoms with Crippen LogP contribution in [0.25, 0.3) is 0 Å². The van der Waals surface area contributed by atoms with Crippen LogP contribution in [0.15, 0.2) is 0 Å². The molecule has 8 nitrogen and oxygen atoms in total. The Hall–Kier alpha value is -1.22. The smallest absolute Gasteiger partial charge is 0.232 e. The molecule has 8 heteroatoms. The maximum absolute atomic E-state index is 13.2. The summed E-state index contributed by atoms with van der Waals surface area (Å²) >= 11 is 0. The zero-order valence-electron chi connectivity index (χ0n) is 31.3. The summed E-state index contributed by atoms with van der Waals surface area (Å²) in [5, 5.41) is 3.34. The molecule has 48 heavy (non-hydrogen) atoms. The molecule has 0 aromatic carbocycles. The number of nitrogens with zero attached hydrogens (tertiary/aromatic N) is 3. The number of hydrogen-bond acceptors (Lipinski definition) is 6. The Morgan fingerprint density at radius 1 is 0.875 bits per heavy atom. The van der Waals surface area contributed by atoms with E-state index in [2.05, 4.69) is 56.7 Å². The number of amides is 2.